The van der Waals surface area contributed by atoms with Crippen LogP contribution in [0.15, 0.2) is 0 Å². The highest BCUT2D eigenvalue weighted by Gasteiger charge is 2.54. The van der Waals surface area contributed by atoms with E-state index in [1.165, 1.54) is 0 Å². The van der Waals surface area contributed by atoms with E-state index in [-0.39, 0.29) is 0 Å². The lowest BCUT2D eigenvalue weighted by molar-refractivity contribution is -0.245. The molecule has 0 radical (unpaired) electrons. The number of hydrogen-bond donors (Lipinski definition) is 6. The number of hydrogen-bond acceptors (Lipinski definition) is 7. The summed E-state index contributed by atoms with van der Waals surface area (Å²) in [5.74, 6) is -2.46. The van der Waals surface area contributed by atoms with Crippen LogP contribution in [0.25, 0.3) is 0 Å². The standard InChI is InChI=1S/C6H13O9P/c7-1-3-4(8)5(9)6(10,15-3)2-14-16(11,12)13/h3-5,7-10H,1-2H2,(H2,11,12,13)/t3-,4-,5+,6+/m1/s1. The van der Waals surface area contributed by atoms with Crippen molar-refractivity contribution in [2.45, 2.75) is 24.1 Å². The molecule has 0 aromatic rings. The third kappa shape index (κ3) is 2.98. The molecular weight excluding hydrogens is 247 g/mol. The Balaban J connectivity index is 2.67. The first-order valence-corrected chi connectivity index (χ1v) is 5.80. The molecule has 0 aliphatic carbocycles. The lowest BCUT2D eigenvalue weighted by atomic mass is 10.1. The monoisotopic (exact) mass is 260 g/mol. The summed E-state index contributed by atoms with van der Waals surface area (Å²) in [4.78, 5) is 16.8. The topological polar surface area (TPSA) is 157 Å². The zero-order valence-electron chi connectivity index (χ0n) is 8.00. The summed E-state index contributed by atoms with van der Waals surface area (Å²) in [5.41, 5.74) is 0. The Hall–Kier alpha value is -0.0900. The van der Waals surface area contributed by atoms with Crippen molar-refractivity contribution in [2.75, 3.05) is 13.2 Å². The Labute approximate surface area is 90.1 Å². The highest BCUT2D eigenvalue weighted by atomic mass is 31.2. The largest absolute Gasteiger partial charge is 0.469 e. The van der Waals surface area contributed by atoms with Crippen LogP contribution in [0.2, 0.25) is 0 Å². The van der Waals surface area contributed by atoms with Gasteiger partial charge in [0, 0.05) is 0 Å². The number of aliphatic hydroxyl groups is 4. The first-order chi connectivity index (χ1) is 7.19. The van der Waals surface area contributed by atoms with Gasteiger partial charge in [-0.1, -0.05) is 0 Å². The molecule has 0 spiro atoms. The van der Waals surface area contributed by atoms with Crippen LogP contribution in [-0.2, 0) is 13.8 Å². The lowest BCUT2D eigenvalue weighted by Gasteiger charge is -2.25. The second-order valence-electron chi connectivity index (χ2n) is 3.38. The van der Waals surface area contributed by atoms with E-state index >= 15 is 0 Å². The number of phosphoric acid groups is 1. The van der Waals surface area contributed by atoms with Crippen molar-refractivity contribution in [2.24, 2.45) is 0 Å². The predicted molar refractivity (Wildman–Crippen MR) is 46.9 cm³/mol. The van der Waals surface area contributed by atoms with Gasteiger partial charge in [-0.25, -0.2) is 4.57 Å². The first kappa shape index (κ1) is 14.0. The molecule has 6 N–H and O–H groups in total. The van der Waals surface area contributed by atoms with Gasteiger partial charge in [0.2, 0.25) is 5.79 Å². The third-order valence-electron chi connectivity index (χ3n) is 2.14. The molecule has 1 saturated heterocycles. The van der Waals surface area contributed by atoms with Crippen molar-refractivity contribution in [1.82, 2.24) is 0 Å². The average molecular weight is 260 g/mol. The molecule has 1 fully saturated rings. The molecular formula is C6H13O9P. The van der Waals surface area contributed by atoms with Gasteiger partial charge >= 0.3 is 7.82 Å². The molecule has 0 saturated carbocycles. The lowest BCUT2D eigenvalue weighted by Crippen LogP contribution is -2.46. The SMILES string of the molecule is O=P(O)(O)OC[C@]1(O)O[C@H](CO)[C@@H](O)[C@@H]1O. The highest BCUT2D eigenvalue weighted by molar-refractivity contribution is 7.46. The van der Waals surface area contributed by atoms with Crippen molar-refractivity contribution in [3.05, 3.63) is 0 Å². The van der Waals surface area contributed by atoms with Crippen LogP contribution in [0.5, 0.6) is 0 Å². The minimum absolute atomic E-state index is 0.670. The maximum Gasteiger partial charge on any atom is 0.469 e. The van der Waals surface area contributed by atoms with E-state index < -0.39 is 45.1 Å². The Morgan fingerprint density at radius 2 is 1.94 bits per heavy atom. The molecule has 0 amide bonds. The highest BCUT2D eigenvalue weighted by Crippen LogP contribution is 2.39. The molecule has 1 aliphatic rings. The van der Waals surface area contributed by atoms with E-state index in [4.69, 9.17) is 14.9 Å². The van der Waals surface area contributed by atoms with Crippen LogP contribution in [0.3, 0.4) is 0 Å². The Kier molecular flexibility index (Phi) is 4.06. The van der Waals surface area contributed by atoms with E-state index in [9.17, 15) is 19.9 Å². The molecule has 0 aromatic carbocycles. The molecule has 1 aliphatic heterocycles. The fourth-order valence-electron chi connectivity index (χ4n) is 1.31. The van der Waals surface area contributed by atoms with E-state index in [0.29, 0.717) is 0 Å². The number of ether oxygens (including phenoxy) is 1. The summed E-state index contributed by atoms with van der Waals surface area (Å²) in [6, 6.07) is 0. The normalized spacial score (nSPS) is 40.2. The quantitative estimate of drug-likeness (QED) is 0.288. The summed E-state index contributed by atoms with van der Waals surface area (Å²) in [7, 11) is -4.83. The summed E-state index contributed by atoms with van der Waals surface area (Å²) in [6.07, 6.45) is -4.66. The summed E-state index contributed by atoms with van der Waals surface area (Å²) in [5, 5.41) is 36.9. The molecule has 0 bridgehead atoms. The van der Waals surface area contributed by atoms with Gasteiger partial charge in [0.05, 0.1) is 6.61 Å². The van der Waals surface area contributed by atoms with Gasteiger partial charge in [0.25, 0.3) is 0 Å². The summed E-state index contributed by atoms with van der Waals surface area (Å²) >= 11 is 0. The fourth-order valence-corrected chi connectivity index (χ4v) is 1.67. The van der Waals surface area contributed by atoms with Crippen molar-refractivity contribution in [3.63, 3.8) is 0 Å². The number of phosphoric ester groups is 1. The minimum Gasteiger partial charge on any atom is -0.394 e. The molecule has 9 nitrogen and oxygen atoms in total. The van der Waals surface area contributed by atoms with Gasteiger partial charge in [-0.05, 0) is 0 Å². The molecule has 1 rings (SSSR count). The van der Waals surface area contributed by atoms with E-state index in [1.54, 1.807) is 0 Å². The molecule has 1 heterocycles. The first-order valence-electron chi connectivity index (χ1n) is 4.27. The average Bonchev–Trinajstić information content (AvgIpc) is 2.40. The van der Waals surface area contributed by atoms with Crippen LogP contribution in [0.1, 0.15) is 0 Å². The Bertz CT molecular complexity index is 290. The van der Waals surface area contributed by atoms with E-state index in [0.717, 1.165) is 0 Å². The van der Waals surface area contributed by atoms with Crippen LogP contribution >= 0.6 is 7.82 Å². The van der Waals surface area contributed by atoms with Gasteiger partial charge in [-0.2, -0.15) is 0 Å². The molecule has 96 valence electrons. The minimum atomic E-state index is -4.83. The molecule has 4 atom stereocenters. The van der Waals surface area contributed by atoms with Gasteiger partial charge in [-0.3, -0.25) is 4.52 Å². The van der Waals surface area contributed by atoms with Crippen LogP contribution < -0.4 is 0 Å². The Morgan fingerprint density at radius 1 is 1.38 bits per heavy atom. The maximum absolute atomic E-state index is 10.4. The molecule has 16 heavy (non-hydrogen) atoms. The summed E-state index contributed by atoms with van der Waals surface area (Å²) < 4.78 is 19.0. The number of aliphatic hydroxyl groups excluding tert-OH is 3. The van der Waals surface area contributed by atoms with Gasteiger partial charge in [0.1, 0.15) is 24.9 Å². The van der Waals surface area contributed by atoms with Gasteiger partial charge in [0.15, 0.2) is 0 Å². The second-order valence-corrected chi connectivity index (χ2v) is 4.62. The van der Waals surface area contributed by atoms with Gasteiger partial charge in [-0.15, -0.1) is 0 Å². The van der Waals surface area contributed by atoms with Gasteiger partial charge < -0.3 is 34.9 Å². The molecule has 0 aromatic heterocycles. The zero-order valence-corrected chi connectivity index (χ0v) is 8.90. The zero-order chi connectivity index (χ0) is 12.6. The fraction of sp³-hybridized carbons (Fsp3) is 1.00. The number of rotatable bonds is 4. The third-order valence-corrected chi connectivity index (χ3v) is 2.61. The molecule has 0 unspecified atom stereocenters. The molecule has 10 heteroatoms. The second kappa shape index (κ2) is 4.65. The van der Waals surface area contributed by atoms with E-state index in [2.05, 4.69) is 9.26 Å². The van der Waals surface area contributed by atoms with Crippen molar-refractivity contribution in [1.29, 1.82) is 0 Å². The van der Waals surface area contributed by atoms with Crippen molar-refractivity contribution in [3.8, 4) is 0 Å². The summed E-state index contributed by atoms with van der Waals surface area (Å²) in [6.45, 7) is -1.71. The Morgan fingerprint density at radius 3 is 2.31 bits per heavy atom. The van der Waals surface area contributed by atoms with Crippen molar-refractivity contribution >= 4 is 7.82 Å². The smallest absolute Gasteiger partial charge is 0.394 e. The van der Waals surface area contributed by atoms with Crippen LogP contribution in [-0.4, -0.2) is 67.5 Å². The van der Waals surface area contributed by atoms with E-state index in [1.807, 2.05) is 0 Å². The maximum atomic E-state index is 10.4. The van der Waals surface area contributed by atoms with Crippen molar-refractivity contribution < 1.29 is 44.0 Å². The predicted octanol–water partition coefficient (Wildman–Crippen LogP) is -3.10. The van der Waals surface area contributed by atoms with Crippen LogP contribution in [0, 0.1) is 0 Å². The van der Waals surface area contributed by atoms with Crippen LogP contribution in [0.4, 0.5) is 0 Å².